The Morgan fingerprint density at radius 1 is 1.42 bits per heavy atom. The van der Waals surface area contributed by atoms with Crippen molar-refractivity contribution < 1.29 is 29.4 Å². The van der Waals surface area contributed by atoms with Gasteiger partial charge < -0.3 is 26.1 Å². The number of anilines is 1. The Bertz CT molecular complexity index is 1500. The zero-order valence-electron chi connectivity index (χ0n) is 19.7. The van der Waals surface area contributed by atoms with Gasteiger partial charge in [0, 0.05) is 30.5 Å². The molecule has 6 N–H and O–H groups in total. The summed E-state index contributed by atoms with van der Waals surface area (Å²) in [6.07, 6.45) is 0. The van der Waals surface area contributed by atoms with Gasteiger partial charge in [-0.05, 0) is 12.5 Å². The quantitative estimate of drug-likeness (QED) is 0.0438. The van der Waals surface area contributed by atoms with Crippen molar-refractivity contribution in [2.75, 3.05) is 24.3 Å². The van der Waals surface area contributed by atoms with E-state index in [9.17, 15) is 34.3 Å². The molecule has 2 aromatic rings. The molecule has 2 aromatic heterocycles. The van der Waals surface area contributed by atoms with Crippen LogP contribution in [0, 0.1) is 0 Å². The van der Waals surface area contributed by atoms with Crippen LogP contribution in [0.1, 0.15) is 12.6 Å². The van der Waals surface area contributed by atoms with E-state index in [1.165, 1.54) is 12.5 Å². The predicted molar refractivity (Wildman–Crippen MR) is 136 cm³/mol. The highest BCUT2D eigenvalue weighted by Crippen LogP contribution is 2.47. The highest BCUT2D eigenvalue weighted by atomic mass is 32.2. The molecule has 0 saturated carbocycles. The molecule has 16 nitrogen and oxygen atoms in total. The van der Waals surface area contributed by atoms with Crippen LogP contribution in [0.2, 0.25) is 0 Å². The molecule has 4 rings (SSSR count). The molecule has 2 amide bonds. The average molecular weight is 585 g/mol. The number of thioether (sulfide) groups is 2. The fourth-order valence-corrected chi connectivity index (χ4v) is 6.98. The molecule has 2 unspecified atom stereocenters. The molecular weight excluding hydrogens is 564 g/mol. The number of nitrogen functional groups attached to an aromatic ring is 1. The van der Waals surface area contributed by atoms with Crippen molar-refractivity contribution in [3.8, 4) is 0 Å². The van der Waals surface area contributed by atoms with Crippen molar-refractivity contribution in [2.24, 2.45) is 5.16 Å². The lowest BCUT2D eigenvalue weighted by atomic mass is 9.98. The van der Waals surface area contributed by atoms with E-state index >= 15 is 0 Å². The zero-order chi connectivity index (χ0) is 27.8. The SMILES string of the molecule is CCn1c(SCC2=C(C(=O)O)N3C(=O)C(NC(=O)/C(=N/O)c4csc(N)n4)(OC)C3SC2)n[nH]c(=O)c1=O. The monoisotopic (exact) mass is 584 g/mol. The molecule has 1 fully saturated rings. The maximum atomic E-state index is 13.3. The number of hydrogen-bond donors (Lipinski definition) is 5. The summed E-state index contributed by atoms with van der Waals surface area (Å²) in [6.45, 7) is 1.83. The van der Waals surface area contributed by atoms with Gasteiger partial charge in [0.05, 0.1) is 0 Å². The summed E-state index contributed by atoms with van der Waals surface area (Å²) in [6, 6.07) is 0. The van der Waals surface area contributed by atoms with Gasteiger partial charge in [0.2, 0.25) is 0 Å². The lowest BCUT2D eigenvalue weighted by molar-refractivity contribution is -0.191. The number of amides is 2. The molecule has 4 heterocycles. The zero-order valence-corrected chi connectivity index (χ0v) is 22.1. The van der Waals surface area contributed by atoms with E-state index in [0.29, 0.717) is 5.57 Å². The topological polar surface area (TPSA) is 235 Å². The van der Waals surface area contributed by atoms with Crippen molar-refractivity contribution in [3.05, 3.63) is 43.1 Å². The van der Waals surface area contributed by atoms with Gasteiger partial charge in [0.1, 0.15) is 16.8 Å². The number of β-lactam (4-membered cyclic amide) rings is 1. The van der Waals surface area contributed by atoms with Crippen LogP contribution in [0.15, 0.2) is 36.6 Å². The second-order valence-electron chi connectivity index (χ2n) is 7.68. The number of rotatable bonds is 9. The van der Waals surface area contributed by atoms with Crippen molar-refractivity contribution in [1.82, 2.24) is 30.0 Å². The summed E-state index contributed by atoms with van der Waals surface area (Å²) < 4.78 is 6.54. The van der Waals surface area contributed by atoms with E-state index in [1.807, 2.05) is 0 Å². The number of hydrogen-bond acceptors (Lipinski definition) is 14. The third-order valence-corrected chi connectivity index (χ3v) is 8.74. The van der Waals surface area contributed by atoms with Gasteiger partial charge in [-0.25, -0.2) is 14.9 Å². The number of carboxylic acids is 1. The van der Waals surface area contributed by atoms with Crippen LogP contribution in [0.3, 0.4) is 0 Å². The molecule has 1 saturated heterocycles. The molecule has 0 bridgehead atoms. The van der Waals surface area contributed by atoms with E-state index in [2.05, 4.69) is 25.7 Å². The minimum Gasteiger partial charge on any atom is -0.477 e. The lowest BCUT2D eigenvalue weighted by Gasteiger charge is -2.55. The van der Waals surface area contributed by atoms with Gasteiger partial charge in [-0.15, -0.1) is 28.2 Å². The number of ether oxygens (including phenoxy) is 1. The largest absolute Gasteiger partial charge is 0.477 e. The number of carboxylic acid groups (broad SMARTS) is 1. The first-order valence-electron chi connectivity index (χ1n) is 10.6. The van der Waals surface area contributed by atoms with Crippen LogP contribution < -0.4 is 22.2 Å². The number of thiazole rings is 1. The Morgan fingerprint density at radius 2 is 2.16 bits per heavy atom. The molecule has 0 radical (unpaired) electrons. The fraction of sp³-hybridized carbons (Fsp3) is 0.368. The van der Waals surface area contributed by atoms with E-state index < -0.39 is 45.7 Å². The number of aromatic nitrogens is 4. The van der Waals surface area contributed by atoms with Crippen LogP contribution in [-0.2, 0) is 25.7 Å². The Kier molecular flexibility index (Phi) is 7.63. The van der Waals surface area contributed by atoms with Crippen LogP contribution in [0.25, 0.3) is 0 Å². The average Bonchev–Trinajstić information content (AvgIpc) is 3.32. The third kappa shape index (κ3) is 4.46. The standard InChI is InChI=1S/C19H20N8O8S3/c1-3-26-13(30)12(29)23-24-18(26)38-5-7-4-36-16-19(35-2,15(33)27(16)10(7)14(31)32)22-11(28)9(25-34)8-6-37-17(20)21-8/h6,16,34H,3-5H2,1-2H3,(H2,20,21)(H,22,28)(H,23,29)(H,31,32)/b25-9+. The fourth-order valence-electron chi connectivity index (χ4n) is 3.85. The second kappa shape index (κ2) is 10.6. The number of aliphatic carboxylic acids is 1. The minimum atomic E-state index is -1.94. The number of H-pyrrole nitrogens is 1. The van der Waals surface area contributed by atoms with Crippen molar-refractivity contribution in [1.29, 1.82) is 0 Å². The smallest absolute Gasteiger partial charge is 0.352 e. The normalized spacial score (nSPS) is 21.2. The Balaban J connectivity index is 1.59. The van der Waals surface area contributed by atoms with E-state index in [-0.39, 0.29) is 39.7 Å². The van der Waals surface area contributed by atoms with E-state index in [1.54, 1.807) is 6.92 Å². The van der Waals surface area contributed by atoms with Crippen LogP contribution in [0.4, 0.5) is 5.13 Å². The van der Waals surface area contributed by atoms with E-state index in [4.69, 9.17) is 10.5 Å². The Hall–Kier alpha value is -3.68. The lowest BCUT2D eigenvalue weighted by Crippen LogP contribution is -2.81. The first-order valence-corrected chi connectivity index (χ1v) is 13.5. The number of methoxy groups -OCH3 is 1. The summed E-state index contributed by atoms with van der Waals surface area (Å²) in [5.41, 5.74) is 1.48. The number of fused-ring (bicyclic) bond motifs is 1. The molecule has 2 aliphatic heterocycles. The first-order chi connectivity index (χ1) is 18.1. The van der Waals surface area contributed by atoms with Crippen LogP contribution >= 0.6 is 34.9 Å². The molecular formula is C19H20N8O8S3. The summed E-state index contributed by atoms with van der Waals surface area (Å²) in [4.78, 5) is 66.9. The van der Waals surface area contributed by atoms with Gasteiger partial charge in [-0.1, -0.05) is 16.9 Å². The Morgan fingerprint density at radius 3 is 2.74 bits per heavy atom. The summed E-state index contributed by atoms with van der Waals surface area (Å²) in [7, 11) is 1.17. The maximum absolute atomic E-state index is 13.3. The summed E-state index contributed by atoms with van der Waals surface area (Å²) >= 11 is 3.17. The number of oxime groups is 1. The third-order valence-electron chi connectivity index (χ3n) is 5.63. The highest BCUT2D eigenvalue weighted by molar-refractivity contribution is 8.01. The van der Waals surface area contributed by atoms with Crippen molar-refractivity contribution >= 4 is 63.5 Å². The minimum absolute atomic E-state index is 0.0227. The number of nitrogens with zero attached hydrogens (tertiary/aromatic N) is 5. The molecule has 202 valence electrons. The number of aromatic amines is 1. The predicted octanol–water partition coefficient (Wildman–Crippen LogP) is -1.33. The van der Waals surface area contributed by atoms with Gasteiger partial charge in [0.15, 0.2) is 16.0 Å². The number of nitrogens with two attached hydrogens (primary N) is 1. The molecule has 38 heavy (non-hydrogen) atoms. The molecule has 0 aliphatic carbocycles. The summed E-state index contributed by atoms with van der Waals surface area (Å²) in [5.74, 6) is -3.05. The summed E-state index contributed by atoms with van der Waals surface area (Å²) in [5, 5.41) is 31.4. The molecule has 2 aliphatic rings. The maximum Gasteiger partial charge on any atom is 0.352 e. The Labute approximate surface area is 224 Å². The number of nitrogens with one attached hydrogen (secondary N) is 2. The molecule has 0 aromatic carbocycles. The van der Waals surface area contributed by atoms with Gasteiger partial charge >= 0.3 is 17.1 Å². The molecule has 19 heteroatoms. The molecule has 2 atom stereocenters. The van der Waals surface area contributed by atoms with Gasteiger partial charge in [-0.2, -0.15) is 0 Å². The van der Waals surface area contributed by atoms with Gasteiger partial charge in [0.25, 0.3) is 17.5 Å². The highest BCUT2D eigenvalue weighted by Gasteiger charge is 2.66. The second-order valence-corrected chi connectivity index (χ2v) is 10.6. The van der Waals surface area contributed by atoms with Gasteiger partial charge in [-0.3, -0.25) is 28.6 Å². The van der Waals surface area contributed by atoms with Crippen molar-refractivity contribution in [2.45, 2.75) is 29.7 Å². The van der Waals surface area contributed by atoms with Crippen LogP contribution in [0.5, 0.6) is 0 Å². The first kappa shape index (κ1) is 27.4. The number of carbonyl (C=O) groups is 3. The number of carbonyl (C=O) groups excluding carboxylic acids is 2. The molecule has 0 spiro atoms. The van der Waals surface area contributed by atoms with E-state index in [0.717, 1.165) is 44.3 Å². The van der Waals surface area contributed by atoms with Crippen molar-refractivity contribution in [3.63, 3.8) is 0 Å². The van der Waals surface area contributed by atoms with Crippen LogP contribution in [-0.4, -0.2) is 88.2 Å².